The third kappa shape index (κ3) is 6.27. The Balaban J connectivity index is 1.42. The van der Waals surface area contributed by atoms with Gasteiger partial charge >= 0.3 is 6.03 Å². The molecule has 0 aromatic heterocycles. The van der Waals surface area contributed by atoms with E-state index in [0.717, 1.165) is 20.7 Å². The van der Waals surface area contributed by atoms with Gasteiger partial charge in [-0.1, -0.05) is 48.5 Å². The Labute approximate surface area is 284 Å². The number of carbonyl (C=O) groups excluding carboxylic acids is 3. The largest absolute Gasteiger partial charge is 0.490 e. The third-order valence-electron chi connectivity index (χ3n) is 7.69. The van der Waals surface area contributed by atoms with Crippen LogP contribution in [0.15, 0.2) is 113 Å². The quantitative estimate of drug-likeness (QED) is 0.0654. The average Bonchev–Trinajstić information content (AvgIpc) is 3.07. The van der Waals surface area contributed by atoms with Crippen molar-refractivity contribution in [3.05, 3.63) is 140 Å². The van der Waals surface area contributed by atoms with Gasteiger partial charge in [-0.3, -0.25) is 19.7 Å². The van der Waals surface area contributed by atoms with E-state index in [1.54, 1.807) is 61.5 Å². The molecule has 0 saturated carbocycles. The van der Waals surface area contributed by atoms with Crippen LogP contribution in [0.4, 0.5) is 21.9 Å². The predicted octanol–water partition coefficient (Wildman–Crippen LogP) is 8.38. The van der Waals surface area contributed by atoms with Crippen LogP contribution in [0.5, 0.6) is 11.5 Å². The van der Waals surface area contributed by atoms with E-state index in [9.17, 15) is 24.5 Å². The van der Waals surface area contributed by atoms with Crippen LogP contribution in [0.2, 0.25) is 0 Å². The van der Waals surface area contributed by atoms with Gasteiger partial charge in [-0.2, -0.15) is 0 Å². The second-order valence-electron chi connectivity index (χ2n) is 10.9. The van der Waals surface area contributed by atoms with Crippen molar-refractivity contribution >= 4 is 67.7 Å². The lowest BCUT2D eigenvalue weighted by atomic mass is 10.0. The minimum Gasteiger partial charge on any atom is -0.490 e. The van der Waals surface area contributed by atoms with Crippen LogP contribution in [0.1, 0.15) is 23.6 Å². The van der Waals surface area contributed by atoms with E-state index >= 15 is 0 Å². The van der Waals surface area contributed by atoms with Gasteiger partial charge in [0.15, 0.2) is 11.5 Å². The second kappa shape index (κ2) is 13.5. The Bertz CT molecular complexity index is 2120. The molecule has 5 aromatic rings. The molecule has 11 heteroatoms. The first-order valence-corrected chi connectivity index (χ1v) is 15.8. The van der Waals surface area contributed by atoms with Gasteiger partial charge in [0.05, 0.1) is 27.4 Å². The van der Waals surface area contributed by atoms with Crippen molar-refractivity contribution in [2.75, 3.05) is 16.4 Å². The molecule has 10 nitrogen and oxygen atoms in total. The summed E-state index contributed by atoms with van der Waals surface area (Å²) in [6.07, 6.45) is 1.44. The Hall–Kier alpha value is -5.81. The zero-order chi connectivity index (χ0) is 33.9. The van der Waals surface area contributed by atoms with E-state index in [2.05, 4.69) is 15.9 Å². The number of benzene rings is 5. The molecular formula is C37H28BrN3O7. The van der Waals surface area contributed by atoms with Gasteiger partial charge in [-0.25, -0.2) is 14.6 Å². The highest BCUT2D eigenvalue weighted by atomic mass is 79.9. The van der Waals surface area contributed by atoms with Gasteiger partial charge in [0.2, 0.25) is 0 Å². The molecule has 1 fully saturated rings. The number of nitrogens with zero attached hydrogens (tertiary/aromatic N) is 3. The lowest BCUT2D eigenvalue weighted by Gasteiger charge is -2.34. The van der Waals surface area contributed by atoms with E-state index in [-0.39, 0.29) is 17.9 Å². The molecule has 48 heavy (non-hydrogen) atoms. The molecule has 1 aliphatic rings. The first kappa shape index (κ1) is 32.1. The molecule has 5 aromatic carbocycles. The molecule has 4 amide bonds. The summed E-state index contributed by atoms with van der Waals surface area (Å²) in [5, 5.41) is 12.5. The number of imide groups is 2. The zero-order valence-corrected chi connectivity index (χ0v) is 27.5. The number of carbonyl (C=O) groups is 3. The first-order chi connectivity index (χ1) is 23.2. The Morgan fingerprint density at radius 1 is 0.833 bits per heavy atom. The zero-order valence-electron chi connectivity index (χ0n) is 25.9. The molecule has 0 spiro atoms. The maximum Gasteiger partial charge on any atom is 0.343 e. The number of amides is 4. The number of fused-ring (bicyclic) bond motifs is 1. The summed E-state index contributed by atoms with van der Waals surface area (Å²) in [4.78, 5) is 55.0. The molecule has 6 rings (SSSR count). The minimum absolute atomic E-state index is 0.0270. The fourth-order valence-corrected chi connectivity index (χ4v) is 6.02. The Morgan fingerprint density at radius 2 is 1.54 bits per heavy atom. The molecule has 1 saturated heterocycles. The molecule has 240 valence electrons. The standard InChI is InChI=1S/C37H28BrN3O7/c1-3-47-33-21-25(20-31(38)34(33)48-22-24-14-16-27(17-15-24)41(45)46)19-30-35(42)39(28-11-6-8-23(2)18-28)37(44)40(36(30)43)32-13-7-10-26-9-4-5-12-29(26)32/h4-21H,3,22H2,1-2H3/b30-19+. The van der Waals surface area contributed by atoms with Crippen LogP contribution in [-0.4, -0.2) is 29.4 Å². The monoisotopic (exact) mass is 705 g/mol. The highest BCUT2D eigenvalue weighted by molar-refractivity contribution is 9.10. The van der Waals surface area contributed by atoms with E-state index in [0.29, 0.717) is 50.5 Å². The van der Waals surface area contributed by atoms with Gasteiger partial charge < -0.3 is 9.47 Å². The Kier molecular flexibility index (Phi) is 9.04. The number of barbiturate groups is 1. The number of halogens is 1. The van der Waals surface area contributed by atoms with Crippen LogP contribution in [0.3, 0.4) is 0 Å². The fourth-order valence-electron chi connectivity index (χ4n) is 5.45. The summed E-state index contributed by atoms with van der Waals surface area (Å²) in [6.45, 7) is 4.05. The number of non-ortho nitro benzene ring substituents is 1. The van der Waals surface area contributed by atoms with Crippen LogP contribution in [-0.2, 0) is 16.2 Å². The van der Waals surface area contributed by atoms with Crippen molar-refractivity contribution in [3.8, 4) is 11.5 Å². The molecule has 0 N–H and O–H groups in total. The summed E-state index contributed by atoms with van der Waals surface area (Å²) in [5.74, 6) is -0.820. The molecule has 0 radical (unpaired) electrons. The summed E-state index contributed by atoms with van der Waals surface area (Å²) in [7, 11) is 0. The highest BCUT2D eigenvalue weighted by Gasteiger charge is 2.44. The number of nitro benzene ring substituents is 1. The second-order valence-corrected chi connectivity index (χ2v) is 11.8. The van der Waals surface area contributed by atoms with Crippen molar-refractivity contribution < 1.29 is 28.8 Å². The van der Waals surface area contributed by atoms with E-state index < -0.39 is 22.8 Å². The van der Waals surface area contributed by atoms with Crippen LogP contribution >= 0.6 is 15.9 Å². The Morgan fingerprint density at radius 3 is 2.27 bits per heavy atom. The molecule has 0 atom stereocenters. The maximum absolute atomic E-state index is 14.2. The average molecular weight is 707 g/mol. The molecule has 1 aliphatic heterocycles. The lowest BCUT2D eigenvalue weighted by molar-refractivity contribution is -0.384. The number of anilines is 2. The summed E-state index contributed by atoms with van der Waals surface area (Å²) < 4.78 is 12.4. The number of ether oxygens (including phenoxy) is 2. The smallest absolute Gasteiger partial charge is 0.343 e. The number of nitro groups is 1. The fraction of sp³-hybridized carbons (Fsp3) is 0.108. The minimum atomic E-state index is -0.782. The number of aryl methyl sites for hydroxylation is 1. The normalized spacial score (nSPS) is 14.1. The third-order valence-corrected chi connectivity index (χ3v) is 8.28. The summed E-state index contributed by atoms with van der Waals surface area (Å²) >= 11 is 3.54. The SMILES string of the molecule is CCOc1cc(/C=C2\C(=O)N(c3cccc(C)c3)C(=O)N(c3cccc4ccccc34)C2=O)cc(Br)c1OCc1ccc([N+](=O)[O-])cc1. The molecule has 0 bridgehead atoms. The molecule has 1 heterocycles. The van der Waals surface area contributed by atoms with Crippen molar-refractivity contribution in [2.24, 2.45) is 0 Å². The van der Waals surface area contributed by atoms with Crippen molar-refractivity contribution in [1.82, 2.24) is 0 Å². The molecular weight excluding hydrogens is 678 g/mol. The summed E-state index contributed by atoms with van der Waals surface area (Å²) in [6, 6.07) is 28.2. The van der Waals surface area contributed by atoms with Crippen molar-refractivity contribution in [2.45, 2.75) is 20.5 Å². The number of urea groups is 1. The van der Waals surface area contributed by atoms with Crippen molar-refractivity contribution in [1.29, 1.82) is 0 Å². The number of rotatable bonds is 9. The van der Waals surface area contributed by atoms with E-state index in [4.69, 9.17) is 9.47 Å². The number of hydrogen-bond donors (Lipinski definition) is 0. The van der Waals surface area contributed by atoms with E-state index in [1.807, 2.05) is 43.3 Å². The summed E-state index contributed by atoms with van der Waals surface area (Å²) in [5.41, 5.74) is 2.42. The van der Waals surface area contributed by atoms with Gasteiger partial charge in [-0.05, 0) is 100 Å². The first-order valence-electron chi connectivity index (χ1n) is 15.0. The van der Waals surface area contributed by atoms with Crippen LogP contribution < -0.4 is 19.3 Å². The van der Waals surface area contributed by atoms with E-state index in [1.165, 1.54) is 18.2 Å². The maximum atomic E-state index is 14.2. The van der Waals surface area contributed by atoms with Gasteiger partial charge in [0.1, 0.15) is 12.2 Å². The highest BCUT2D eigenvalue weighted by Crippen LogP contribution is 2.39. The molecule has 0 unspecified atom stereocenters. The van der Waals surface area contributed by atoms with Crippen LogP contribution in [0, 0.1) is 17.0 Å². The lowest BCUT2D eigenvalue weighted by Crippen LogP contribution is -2.57. The van der Waals surface area contributed by atoms with Crippen molar-refractivity contribution in [3.63, 3.8) is 0 Å². The van der Waals surface area contributed by atoms with Gasteiger partial charge in [0, 0.05) is 17.5 Å². The topological polar surface area (TPSA) is 119 Å². The van der Waals surface area contributed by atoms with Gasteiger partial charge in [0.25, 0.3) is 17.5 Å². The molecule has 0 aliphatic carbocycles. The van der Waals surface area contributed by atoms with Gasteiger partial charge in [-0.15, -0.1) is 0 Å². The predicted molar refractivity (Wildman–Crippen MR) is 186 cm³/mol. The van der Waals surface area contributed by atoms with Crippen LogP contribution in [0.25, 0.3) is 16.8 Å². The number of hydrogen-bond acceptors (Lipinski definition) is 7.